The summed E-state index contributed by atoms with van der Waals surface area (Å²) in [4.78, 5) is 22.2. The van der Waals surface area contributed by atoms with Crippen LogP contribution in [-0.2, 0) is 10.0 Å². The number of hydrogen-bond acceptors (Lipinski definition) is 6. The maximum absolute atomic E-state index is 13.1. The summed E-state index contributed by atoms with van der Waals surface area (Å²) >= 11 is 7.89. The zero-order valence-electron chi connectivity index (χ0n) is 19.9. The fourth-order valence-corrected chi connectivity index (χ4v) is 7.35. The number of aryl methyl sites for hydroxylation is 1. The molecule has 3 aromatic rings. The quantitative estimate of drug-likeness (QED) is 0.489. The van der Waals surface area contributed by atoms with Gasteiger partial charge in [-0.25, -0.2) is 13.4 Å². The van der Waals surface area contributed by atoms with E-state index < -0.39 is 10.0 Å². The third kappa shape index (κ3) is 4.79. The number of nitrogens with zero attached hydrogens (tertiary/aromatic N) is 4. The Hall–Kier alpha value is -2.20. The molecule has 2 aromatic carbocycles. The Kier molecular flexibility index (Phi) is 6.78. The first-order valence-electron chi connectivity index (χ1n) is 11.9. The first-order valence-corrected chi connectivity index (χ1v) is 14.6. The smallest absolute Gasteiger partial charge is 0.253 e. The lowest BCUT2D eigenvalue weighted by molar-refractivity contribution is 0.0746. The number of benzene rings is 2. The highest BCUT2D eigenvalue weighted by Crippen LogP contribution is 2.34. The third-order valence-corrected chi connectivity index (χ3v) is 10.5. The number of aromatic nitrogens is 1. The second-order valence-electron chi connectivity index (χ2n) is 9.41. The van der Waals surface area contributed by atoms with Gasteiger partial charge in [-0.15, -0.1) is 0 Å². The van der Waals surface area contributed by atoms with Gasteiger partial charge in [0.1, 0.15) is 0 Å². The Labute approximate surface area is 215 Å². The normalized spacial score (nSPS) is 18.4. The first kappa shape index (κ1) is 24.5. The minimum absolute atomic E-state index is 0.0766. The van der Waals surface area contributed by atoms with E-state index in [9.17, 15) is 13.2 Å². The number of piperazine rings is 1. The molecular weight excluding hydrogens is 504 g/mol. The molecule has 0 bridgehead atoms. The number of hydrogen-bond donors (Lipinski definition) is 0. The standard InChI is InChI=1S/C25H29ClN4O3S2/c1-17-9-11-30(12-10-17)35(32,33)20-5-3-19(4-6-20)24(31)28-13-15-29(16-14-28)25-27-23-18(2)21(26)7-8-22(23)34-25/h3-8,17H,9-16H2,1-2H3. The molecular formula is C25H29ClN4O3S2. The van der Waals surface area contributed by atoms with E-state index in [4.69, 9.17) is 16.6 Å². The van der Waals surface area contributed by atoms with Crippen molar-refractivity contribution in [2.75, 3.05) is 44.2 Å². The highest BCUT2D eigenvalue weighted by Gasteiger charge is 2.29. The molecule has 35 heavy (non-hydrogen) atoms. The lowest BCUT2D eigenvalue weighted by Crippen LogP contribution is -2.48. The van der Waals surface area contributed by atoms with Gasteiger partial charge >= 0.3 is 0 Å². The van der Waals surface area contributed by atoms with Gasteiger partial charge in [-0.3, -0.25) is 4.79 Å². The maximum Gasteiger partial charge on any atom is 0.253 e. The Morgan fingerprint density at radius 3 is 2.31 bits per heavy atom. The lowest BCUT2D eigenvalue weighted by Gasteiger charge is -2.34. The first-order chi connectivity index (χ1) is 16.7. The molecule has 2 aliphatic heterocycles. The number of piperidine rings is 1. The van der Waals surface area contributed by atoms with E-state index in [0.29, 0.717) is 55.8 Å². The molecule has 5 rings (SSSR count). The number of thiazole rings is 1. The van der Waals surface area contributed by atoms with Crippen LogP contribution in [-0.4, -0.2) is 67.8 Å². The Balaban J connectivity index is 1.23. The Morgan fingerprint density at radius 1 is 1.00 bits per heavy atom. The van der Waals surface area contributed by atoms with Crippen molar-refractivity contribution in [1.29, 1.82) is 0 Å². The molecule has 0 atom stereocenters. The molecule has 2 aliphatic rings. The second-order valence-corrected chi connectivity index (χ2v) is 12.8. The highest BCUT2D eigenvalue weighted by atomic mass is 35.5. The molecule has 0 N–H and O–H groups in total. The summed E-state index contributed by atoms with van der Waals surface area (Å²) in [5.41, 5.74) is 2.43. The van der Waals surface area contributed by atoms with Crippen molar-refractivity contribution < 1.29 is 13.2 Å². The molecule has 0 saturated carbocycles. The average Bonchev–Trinajstić information content (AvgIpc) is 3.31. The van der Waals surface area contributed by atoms with Crippen molar-refractivity contribution >= 4 is 54.2 Å². The highest BCUT2D eigenvalue weighted by molar-refractivity contribution is 7.89. The molecule has 1 amide bonds. The fraction of sp³-hybridized carbons (Fsp3) is 0.440. The van der Waals surface area contributed by atoms with Crippen LogP contribution < -0.4 is 4.90 Å². The summed E-state index contributed by atoms with van der Waals surface area (Å²) in [5.74, 6) is 0.478. The number of sulfonamides is 1. The minimum Gasteiger partial charge on any atom is -0.345 e. The van der Waals surface area contributed by atoms with Crippen LogP contribution in [0.25, 0.3) is 10.2 Å². The van der Waals surface area contributed by atoms with Crippen molar-refractivity contribution in [1.82, 2.24) is 14.2 Å². The molecule has 7 nitrogen and oxygen atoms in total. The topological polar surface area (TPSA) is 73.8 Å². The molecule has 0 unspecified atom stereocenters. The third-order valence-electron chi connectivity index (χ3n) is 7.06. The van der Waals surface area contributed by atoms with Crippen molar-refractivity contribution in [2.24, 2.45) is 5.92 Å². The summed E-state index contributed by atoms with van der Waals surface area (Å²) in [7, 11) is -3.52. The summed E-state index contributed by atoms with van der Waals surface area (Å²) < 4.78 is 28.6. The minimum atomic E-state index is -3.52. The van der Waals surface area contributed by atoms with E-state index in [1.165, 1.54) is 0 Å². The van der Waals surface area contributed by atoms with Crippen molar-refractivity contribution in [3.8, 4) is 0 Å². The van der Waals surface area contributed by atoms with Gasteiger partial charge in [0.05, 0.1) is 15.1 Å². The van der Waals surface area contributed by atoms with Crippen molar-refractivity contribution in [3.05, 3.63) is 52.5 Å². The number of fused-ring (bicyclic) bond motifs is 1. The number of rotatable bonds is 4. The predicted molar refractivity (Wildman–Crippen MR) is 141 cm³/mol. The van der Waals surface area contributed by atoms with Crippen LogP contribution in [0.15, 0.2) is 41.3 Å². The van der Waals surface area contributed by atoms with Gasteiger partial charge < -0.3 is 9.80 Å². The average molecular weight is 533 g/mol. The zero-order valence-corrected chi connectivity index (χ0v) is 22.3. The van der Waals surface area contributed by atoms with E-state index in [0.717, 1.165) is 33.8 Å². The second kappa shape index (κ2) is 9.69. The zero-order chi connectivity index (χ0) is 24.7. The molecule has 0 spiro atoms. The van der Waals surface area contributed by atoms with Gasteiger partial charge in [-0.1, -0.05) is 29.9 Å². The summed E-state index contributed by atoms with van der Waals surface area (Å²) in [5, 5.41) is 1.66. The fourth-order valence-electron chi connectivity index (χ4n) is 4.65. The molecule has 0 radical (unpaired) electrons. The SMILES string of the molecule is Cc1c(Cl)ccc2sc(N3CCN(C(=O)c4ccc(S(=O)(=O)N5CCC(C)CC5)cc4)CC3)nc12. The number of carbonyl (C=O) groups is 1. The largest absolute Gasteiger partial charge is 0.345 e. The van der Waals surface area contributed by atoms with E-state index in [-0.39, 0.29) is 10.8 Å². The van der Waals surface area contributed by atoms with Crippen molar-refractivity contribution in [3.63, 3.8) is 0 Å². The van der Waals surface area contributed by atoms with Gasteiger partial charge in [0, 0.05) is 49.9 Å². The number of halogens is 1. The van der Waals surface area contributed by atoms with Crippen molar-refractivity contribution in [2.45, 2.75) is 31.6 Å². The van der Waals surface area contributed by atoms with Crippen LogP contribution in [0, 0.1) is 12.8 Å². The molecule has 2 fully saturated rings. The van der Waals surface area contributed by atoms with Gasteiger partial charge in [0.2, 0.25) is 10.0 Å². The lowest BCUT2D eigenvalue weighted by atomic mass is 10.0. The molecule has 2 saturated heterocycles. The Bertz CT molecular complexity index is 1340. The number of amides is 1. The van der Waals surface area contributed by atoms with E-state index in [1.807, 2.05) is 24.0 Å². The molecule has 186 valence electrons. The molecule has 3 heterocycles. The maximum atomic E-state index is 13.1. The molecule has 0 aliphatic carbocycles. The van der Waals surface area contributed by atoms with E-state index >= 15 is 0 Å². The van der Waals surface area contributed by atoms with Gasteiger partial charge in [-0.05, 0) is 67.6 Å². The predicted octanol–water partition coefficient (Wildman–Crippen LogP) is 4.64. The van der Waals surface area contributed by atoms with E-state index in [1.54, 1.807) is 39.9 Å². The van der Waals surface area contributed by atoms with Crippen LogP contribution in [0.3, 0.4) is 0 Å². The van der Waals surface area contributed by atoms with Gasteiger partial charge in [0.15, 0.2) is 5.13 Å². The summed E-state index contributed by atoms with van der Waals surface area (Å²) in [6.45, 7) is 7.79. The van der Waals surface area contributed by atoms with Crippen LogP contribution in [0.2, 0.25) is 5.02 Å². The van der Waals surface area contributed by atoms with E-state index in [2.05, 4.69) is 11.8 Å². The van der Waals surface area contributed by atoms with Crippen LogP contribution in [0.1, 0.15) is 35.7 Å². The summed E-state index contributed by atoms with van der Waals surface area (Å²) in [6.07, 6.45) is 1.76. The molecule has 1 aromatic heterocycles. The van der Waals surface area contributed by atoms with Crippen LogP contribution >= 0.6 is 22.9 Å². The summed E-state index contributed by atoms with van der Waals surface area (Å²) in [6, 6.07) is 10.3. The van der Waals surface area contributed by atoms with Crippen LogP contribution in [0.4, 0.5) is 5.13 Å². The monoisotopic (exact) mass is 532 g/mol. The Morgan fingerprint density at radius 2 is 1.66 bits per heavy atom. The number of anilines is 1. The van der Waals surface area contributed by atoms with Gasteiger partial charge in [-0.2, -0.15) is 4.31 Å². The van der Waals surface area contributed by atoms with Gasteiger partial charge in [0.25, 0.3) is 5.91 Å². The number of carbonyl (C=O) groups excluding carboxylic acids is 1. The van der Waals surface area contributed by atoms with Crippen LogP contribution in [0.5, 0.6) is 0 Å². The molecule has 10 heteroatoms.